The Morgan fingerprint density at radius 3 is 2.15 bits per heavy atom. The van der Waals surface area contributed by atoms with Crippen LogP contribution < -0.4 is 19.5 Å². The quantitative estimate of drug-likeness (QED) is 0.425. The van der Waals surface area contributed by atoms with Gasteiger partial charge in [0, 0.05) is 16.9 Å². The number of ether oxygens (including phenoxy) is 2. The Morgan fingerprint density at radius 1 is 0.879 bits per heavy atom. The fourth-order valence-corrected chi connectivity index (χ4v) is 4.12. The van der Waals surface area contributed by atoms with Gasteiger partial charge in [0.1, 0.15) is 11.5 Å². The van der Waals surface area contributed by atoms with Crippen molar-refractivity contribution in [1.29, 1.82) is 0 Å². The molecule has 0 heterocycles. The molecular weight excluding hydrogens is 440 g/mol. The summed E-state index contributed by atoms with van der Waals surface area (Å²) >= 11 is 0. The van der Waals surface area contributed by atoms with Crippen LogP contribution in [-0.4, -0.2) is 27.5 Å². The molecule has 1 amide bonds. The van der Waals surface area contributed by atoms with Crippen LogP contribution in [0.3, 0.4) is 0 Å². The fourth-order valence-electron chi connectivity index (χ4n) is 3.07. The van der Waals surface area contributed by atoms with Crippen LogP contribution in [0, 0.1) is 6.92 Å². The van der Waals surface area contributed by atoms with Gasteiger partial charge in [0.2, 0.25) is 0 Å². The zero-order valence-corrected chi connectivity index (χ0v) is 19.7. The highest BCUT2D eigenvalue weighted by Gasteiger charge is 2.15. The zero-order chi connectivity index (χ0) is 23.8. The van der Waals surface area contributed by atoms with E-state index in [4.69, 9.17) is 9.47 Å². The van der Waals surface area contributed by atoms with Crippen molar-refractivity contribution in [2.75, 3.05) is 23.3 Å². The third kappa shape index (κ3) is 6.49. The highest BCUT2D eigenvalue weighted by atomic mass is 32.2. The third-order valence-corrected chi connectivity index (χ3v) is 6.16. The summed E-state index contributed by atoms with van der Waals surface area (Å²) < 4.78 is 38.7. The molecule has 0 bridgehead atoms. The maximum Gasteiger partial charge on any atom is 0.261 e. The van der Waals surface area contributed by atoms with Crippen molar-refractivity contribution < 1.29 is 22.7 Å². The van der Waals surface area contributed by atoms with Gasteiger partial charge < -0.3 is 14.8 Å². The van der Waals surface area contributed by atoms with Gasteiger partial charge in [0.05, 0.1) is 18.1 Å². The van der Waals surface area contributed by atoms with Gasteiger partial charge in [0.25, 0.3) is 15.9 Å². The predicted octanol–water partition coefficient (Wildman–Crippen LogP) is 5.24. The molecular formula is C25H28N2O5S. The van der Waals surface area contributed by atoms with Gasteiger partial charge >= 0.3 is 0 Å². The Labute approximate surface area is 194 Å². The number of carbonyl (C=O) groups is 1. The summed E-state index contributed by atoms with van der Waals surface area (Å²) in [6.45, 7) is 6.93. The van der Waals surface area contributed by atoms with E-state index in [2.05, 4.69) is 10.0 Å². The van der Waals surface area contributed by atoms with Crippen molar-refractivity contribution in [3.8, 4) is 11.5 Å². The molecule has 0 radical (unpaired) electrons. The molecule has 0 saturated carbocycles. The van der Waals surface area contributed by atoms with E-state index in [1.165, 1.54) is 12.1 Å². The van der Waals surface area contributed by atoms with E-state index >= 15 is 0 Å². The summed E-state index contributed by atoms with van der Waals surface area (Å²) in [5, 5.41) is 2.87. The maximum atomic E-state index is 12.6. The van der Waals surface area contributed by atoms with Crippen LogP contribution >= 0.6 is 0 Å². The lowest BCUT2D eigenvalue weighted by Gasteiger charge is -2.12. The molecule has 0 unspecified atom stereocenters. The summed E-state index contributed by atoms with van der Waals surface area (Å²) in [6, 6.07) is 17.9. The molecule has 0 aliphatic heterocycles. The van der Waals surface area contributed by atoms with Gasteiger partial charge in [-0.1, -0.05) is 6.92 Å². The standard InChI is InChI=1S/C25H28N2O5S/c1-4-16-32-22-12-15-24(18(3)17-22)26-25(28)19-6-8-20(9-7-19)27-33(29,30)23-13-10-21(11-14-23)31-5-2/h6-15,17,27H,4-5,16H2,1-3H3,(H,26,28). The van der Waals surface area contributed by atoms with E-state index in [1.54, 1.807) is 42.5 Å². The van der Waals surface area contributed by atoms with Gasteiger partial charge in [-0.2, -0.15) is 0 Å². The van der Waals surface area contributed by atoms with E-state index in [0.29, 0.717) is 35.9 Å². The van der Waals surface area contributed by atoms with E-state index < -0.39 is 10.0 Å². The number of sulfonamides is 1. The summed E-state index contributed by atoms with van der Waals surface area (Å²) in [7, 11) is -3.76. The molecule has 0 aliphatic rings. The summed E-state index contributed by atoms with van der Waals surface area (Å²) in [5.74, 6) is 1.07. The first-order chi connectivity index (χ1) is 15.8. The second kappa shape index (κ2) is 10.9. The molecule has 3 aromatic rings. The minimum Gasteiger partial charge on any atom is -0.494 e. The average molecular weight is 469 g/mol. The molecule has 2 N–H and O–H groups in total. The monoisotopic (exact) mass is 468 g/mol. The lowest BCUT2D eigenvalue weighted by molar-refractivity contribution is 0.102. The van der Waals surface area contributed by atoms with Crippen molar-refractivity contribution in [2.45, 2.75) is 32.1 Å². The Morgan fingerprint density at radius 2 is 1.55 bits per heavy atom. The number of benzene rings is 3. The second-order valence-electron chi connectivity index (χ2n) is 7.37. The molecule has 8 heteroatoms. The first-order valence-corrected chi connectivity index (χ1v) is 12.2. The van der Waals surface area contributed by atoms with Crippen LogP contribution in [0.2, 0.25) is 0 Å². The first-order valence-electron chi connectivity index (χ1n) is 10.7. The number of hydrogen-bond donors (Lipinski definition) is 2. The van der Waals surface area contributed by atoms with E-state index in [9.17, 15) is 13.2 Å². The molecule has 174 valence electrons. The number of anilines is 2. The predicted molar refractivity (Wildman–Crippen MR) is 130 cm³/mol. The highest BCUT2D eigenvalue weighted by Crippen LogP contribution is 2.23. The minimum atomic E-state index is -3.76. The largest absolute Gasteiger partial charge is 0.494 e. The molecule has 0 spiro atoms. The van der Waals surface area contributed by atoms with E-state index in [1.807, 2.05) is 32.9 Å². The van der Waals surface area contributed by atoms with Gasteiger partial charge in [-0.3, -0.25) is 9.52 Å². The Balaban J connectivity index is 1.65. The van der Waals surface area contributed by atoms with E-state index in [0.717, 1.165) is 17.7 Å². The van der Waals surface area contributed by atoms with Crippen molar-refractivity contribution in [3.63, 3.8) is 0 Å². The Kier molecular flexibility index (Phi) is 7.95. The minimum absolute atomic E-state index is 0.120. The molecule has 3 aromatic carbocycles. The summed E-state index contributed by atoms with van der Waals surface area (Å²) in [6.07, 6.45) is 0.921. The van der Waals surface area contributed by atoms with Crippen LogP contribution in [0.1, 0.15) is 36.2 Å². The fraction of sp³-hybridized carbons (Fsp3) is 0.240. The number of rotatable bonds is 10. The highest BCUT2D eigenvalue weighted by molar-refractivity contribution is 7.92. The topological polar surface area (TPSA) is 93.7 Å². The van der Waals surface area contributed by atoms with Crippen LogP contribution in [0.5, 0.6) is 11.5 Å². The van der Waals surface area contributed by atoms with Crippen molar-refractivity contribution in [2.24, 2.45) is 0 Å². The van der Waals surface area contributed by atoms with Crippen molar-refractivity contribution >= 4 is 27.3 Å². The van der Waals surface area contributed by atoms with Gasteiger partial charge in [-0.05, 0) is 92.6 Å². The second-order valence-corrected chi connectivity index (χ2v) is 9.05. The Hall–Kier alpha value is -3.52. The van der Waals surface area contributed by atoms with Crippen LogP contribution in [0.4, 0.5) is 11.4 Å². The lowest BCUT2D eigenvalue weighted by Crippen LogP contribution is -2.14. The van der Waals surface area contributed by atoms with Gasteiger partial charge in [-0.25, -0.2) is 8.42 Å². The SMILES string of the molecule is CCCOc1ccc(NC(=O)c2ccc(NS(=O)(=O)c3ccc(OCC)cc3)cc2)c(C)c1. The molecule has 0 saturated heterocycles. The van der Waals surface area contributed by atoms with Crippen molar-refractivity contribution in [1.82, 2.24) is 0 Å². The number of aryl methyl sites for hydroxylation is 1. The van der Waals surface area contributed by atoms with Crippen molar-refractivity contribution in [3.05, 3.63) is 77.9 Å². The average Bonchev–Trinajstić information content (AvgIpc) is 2.80. The smallest absolute Gasteiger partial charge is 0.261 e. The maximum absolute atomic E-state index is 12.6. The summed E-state index contributed by atoms with van der Waals surface area (Å²) in [4.78, 5) is 12.8. The number of hydrogen-bond acceptors (Lipinski definition) is 5. The molecule has 0 aliphatic carbocycles. The number of amides is 1. The van der Waals surface area contributed by atoms with E-state index in [-0.39, 0.29) is 10.8 Å². The van der Waals surface area contributed by atoms with Crippen LogP contribution in [0.15, 0.2) is 71.6 Å². The Bertz CT molecular complexity index is 1190. The lowest BCUT2D eigenvalue weighted by atomic mass is 10.1. The number of nitrogens with one attached hydrogen (secondary N) is 2. The third-order valence-electron chi connectivity index (χ3n) is 4.76. The molecule has 0 aromatic heterocycles. The normalized spacial score (nSPS) is 11.0. The molecule has 0 fully saturated rings. The van der Waals surface area contributed by atoms with Crippen LogP contribution in [0.25, 0.3) is 0 Å². The molecule has 33 heavy (non-hydrogen) atoms. The van der Waals surface area contributed by atoms with Crippen LogP contribution in [-0.2, 0) is 10.0 Å². The summed E-state index contributed by atoms with van der Waals surface area (Å²) in [5.41, 5.74) is 2.33. The van der Waals surface area contributed by atoms with Gasteiger partial charge in [0.15, 0.2) is 0 Å². The zero-order valence-electron chi connectivity index (χ0n) is 18.9. The molecule has 0 atom stereocenters. The molecule has 7 nitrogen and oxygen atoms in total. The number of carbonyl (C=O) groups excluding carboxylic acids is 1. The van der Waals surface area contributed by atoms with Gasteiger partial charge in [-0.15, -0.1) is 0 Å². The first kappa shape index (κ1) is 24.1. The molecule has 3 rings (SSSR count).